The van der Waals surface area contributed by atoms with Crippen molar-refractivity contribution in [1.82, 2.24) is 4.90 Å². The second kappa shape index (κ2) is 6.10. The van der Waals surface area contributed by atoms with Crippen LogP contribution >= 0.6 is 23.5 Å². The van der Waals surface area contributed by atoms with Crippen molar-refractivity contribution in [2.75, 3.05) is 18.1 Å². The molecule has 1 nitrogen and oxygen atoms in total. The van der Waals surface area contributed by atoms with Gasteiger partial charge in [-0.15, -0.1) is 23.5 Å². The maximum Gasteiger partial charge on any atom is 0.0902 e. The first-order valence-corrected chi connectivity index (χ1v) is 12.0. The number of hydrogen-bond donors (Lipinski definition) is 0. The van der Waals surface area contributed by atoms with Gasteiger partial charge in [-0.3, -0.25) is 0 Å². The van der Waals surface area contributed by atoms with Crippen LogP contribution in [0.5, 0.6) is 0 Å². The second-order valence-electron chi connectivity index (χ2n) is 9.11. The first kappa shape index (κ1) is 17.3. The molecule has 1 fully saturated rings. The first-order chi connectivity index (χ1) is 12.5. The van der Waals surface area contributed by atoms with E-state index in [0.717, 1.165) is 6.42 Å². The van der Waals surface area contributed by atoms with Crippen molar-refractivity contribution in [3.05, 3.63) is 58.8 Å². The van der Waals surface area contributed by atoms with Gasteiger partial charge in [0.15, 0.2) is 0 Å². The maximum atomic E-state index is 4.61. The topological polar surface area (TPSA) is 3.24 Å². The van der Waals surface area contributed by atoms with Gasteiger partial charge in [-0.05, 0) is 71.3 Å². The van der Waals surface area contributed by atoms with Gasteiger partial charge in [0.25, 0.3) is 0 Å². The van der Waals surface area contributed by atoms with Gasteiger partial charge in [-0.2, -0.15) is 0 Å². The quantitative estimate of drug-likeness (QED) is 0.526. The Balaban J connectivity index is 1.68. The zero-order valence-electron chi connectivity index (χ0n) is 16.0. The molecule has 3 aliphatic heterocycles. The number of allylic oxidation sites excluding steroid dienone is 2. The third-order valence-corrected chi connectivity index (χ3v) is 9.91. The van der Waals surface area contributed by atoms with Crippen molar-refractivity contribution < 1.29 is 0 Å². The summed E-state index contributed by atoms with van der Waals surface area (Å²) in [6.45, 7) is 10.6. The summed E-state index contributed by atoms with van der Waals surface area (Å²) in [5.74, 6) is 2.60. The molecule has 3 heteroatoms. The lowest BCUT2D eigenvalue weighted by Gasteiger charge is -2.56. The molecule has 1 aliphatic carbocycles. The molecule has 3 heterocycles. The minimum atomic E-state index is 0.243. The molecule has 0 radical (unpaired) electrons. The monoisotopic (exact) mass is 383 g/mol. The smallest absolute Gasteiger partial charge is 0.0902 e. The first-order valence-electron chi connectivity index (χ1n) is 10.0. The number of benzene rings is 1. The van der Waals surface area contributed by atoms with Crippen molar-refractivity contribution in [2.45, 2.75) is 56.1 Å². The van der Waals surface area contributed by atoms with Crippen LogP contribution in [0.25, 0.3) is 0 Å². The van der Waals surface area contributed by atoms with Crippen molar-refractivity contribution in [1.29, 1.82) is 0 Å². The number of thioether (sulfide) groups is 2. The highest BCUT2D eigenvalue weighted by Crippen LogP contribution is 2.63. The highest BCUT2D eigenvalue weighted by molar-refractivity contribution is 8.19. The van der Waals surface area contributed by atoms with E-state index in [1.54, 1.807) is 22.4 Å². The standard InChI is InChI=1S/C23H29NS2/c1-16-13-22(2,3)14-20-21(16)23(25-11-6-12-26-23)15-19-18-8-5-4-7-17(18)9-10-24(19)20/h4-5,7-8,19H,1,6,9-15H2,2-3H3. The number of rotatable bonds is 0. The van der Waals surface area contributed by atoms with Crippen LogP contribution in [0.1, 0.15) is 56.7 Å². The Kier molecular flexibility index (Phi) is 4.06. The van der Waals surface area contributed by atoms with Gasteiger partial charge >= 0.3 is 0 Å². The van der Waals surface area contributed by atoms with Gasteiger partial charge < -0.3 is 4.90 Å². The van der Waals surface area contributed by atoms with Crippen molar-refractivity contribution in [2.24, 2.45) is 5.41 Å². The Labute approximate surface area is 166 Å². The summed E-state index contributed by atoms with van der Waals surface area (Å²) in [7, 11) is 0. The highest BCUT2D eigenvalue weighted by atomic mass is 32.2. The molecule has 0 aromatic heterocycles. The van der Waals surface area contributed by atoms with Gasteiger partial charge in [0, 0.05) is 12.2 Å². The summed E-state index contributed by atoms with van der Waals surface area (Å²) in [6.07, 6.45) is 6.15. The van der Waals surface area contributed by atoms with Crippen LogP contribution in [0.2, 0.25) is 0 Å². The fraction of sp³-hybridized carbons (Fsp3) is 0.565. The molecule has 0 amide bonds. The van der Waals surface area contributed by atoms with Crippen molar-refractivity contribution in [3.63, 3.8) is 0 Å². The van der Waals surface area contributed by atoms with E-state index in [1.807, 2.05) is 0 Å². The molecular formula is C23H29NS2. The minimum Gasteiger partial charge on any atom is -0.367 e. The fourth-order valence-corrected chi connectivity index (χ4v) is 9.21. The lowest BCUT2D eigenvalue weighted by molar-refractivity contribution is 0.170. The minimum absolute atomic E-state index is 0.243. The Hall–Kier alpha value is -0.800. The van der Waals surface area contributed by atoms with Crippen LogP contribution in [-0.4, -0.2) is 27.0 Å². The lowest BCUT2D eigenvalue weighted by atomic mass is 9.70. The molecule has 26 heavy (non-hydrogen) atoms. The van der Waals surface area contributed by atoms with Gasteiger partial charge in [-0.1, -0.05) is 44.7 Å². The van der Waals surface area contributed by atoms with E-state index in [2.05, 4.69) is 73.1 Å². The molecule has 0 saturated carbocycles. The third-order valence-electron chi connectivity index (χ3n) is 6.54. The Morgan fingerprint density at radius 2 is 1.88 bits per heavy atom. The summed E-state index contributed by atoms with van der Waals surface area (Å²) in [5, 5.41) is 0. The fourth-order valence-electron chi connectivity index (χ4n) is 5.60. The summed E-state index contributed by atoms with van der Waals surface area (Å²) in [4.78, 5) is 2.78. The normalized spacial score (nSPS) is 29.2. The van der Waals surface area contributed by atoms with Crippen LogP contribution in [0.4, 0.5) is 0 Å². The van der Waals surface area contributed by atoms with Gasteiger partial charge in [0.05, 0.1) is 10.1 Å². The molecule has 138 valence electrons. The zero-order valence-corrected chi connectivity index (χ0v) is 17.6. The predicted molar refractivity (Wildman–Crippen MR) is 116 cm³/mol. The average molecular weight is 384 g/mol. The number of nitrogens with zero attached hydrogens (tertiary/aromatic N) is 1. The number of hydrogen-bond acceptors (Lipinski definition) is 3. The van der Waals surface area contributed by atoms with E-state index in [-0.39, 0.29) is 4.08 Å². The molecule has 0 N–H and O–H groups in total. The molecule has 5 rings (SSSR count). The van der Waals surface area contributed by atoms with Gasteiger partial charge in [0.1, 0.15) is 0 Å². The SMILES string of the molecule is C=C1CC(C)(C)CC2=C1C1(CC3c4ccccc4CCN23)SCCCS1. The van der Waals surface area contributed by atoms with E-state index >= 15 is 0 Å². The maximum absolute atomic E-state index is 4.61. The van der Waals surface area contributed by atoms with Gasteiger partial charge in [0.2, 0.25) is 0 Å². The van der Waals surface area contributed by atoms with Crippen LogP contribution in [0, 0.1) is 5.41 Å². The summed E-state index contributed by atoms with van der Waals surface area (Å²) in [6, 6.07) is 9.76. The molecule has 0 bridgehead atoms. The largest absolute Gasteiger partial charge is 0.367 e. The summed E-state index contributed by atoms with van der Waals surface area (Å²) < 4.78 is 0.243. The molecule has 1 spiro atoms. The van der Waals surface area contributed by atoms with E-state index < -0.39 is 0 Å². The molecule has 1 saturated heterocycles. The van der Waals surface area contributed by atoms with E-state index in [0.29, 0.717) is 11.5 Å². The zero-order chi connectivity index (χ0) is 17.9. The third kappa shape index (κ3) is 2.61. The molecule has 4 aliphatic rings. The molecule has 1 unspecified atom stereocenters. The van der Waals surface area contributed by atoms with E-state index in [4.69, 9.17) is 0 Å². The molecule has 1 aromatic carbocycles. The Bertz CT molecular complexity index is 785. The van der Waals surface area contributed by atoms with E-state index in [1.165, 1.54) is 49.3 Å². The van der Waals surface area contributed by atoms with Gasteiger partial charge in [-0.25, -0.2) is 0 Å². The van der Waals surface area contributed by atoms with Crippen LogP contribution in [0.3, 0.4) is 0 Å². The summed E-state index contributed by atoms with van der Waals surface area (Å²) in [5.41, 5.74) is 8.20. The van der Waals surface area contributed by atoms with Crippen molar-refractivity contribution in [3.8, 4) is 0 Å². The van der Waals surface area contributed by atoms with E-state index in [9.17, 15) is 0 Å². The Morgan fingerprint density at radius 3 is 2.69 bits per heavy atom. The summed E-state index contributed by atoms with van der Waals surface area (Å²) >= 11 is 4.45. The lowest BCUT2D eigenvalue weighted by Crippen LogP contribution is -2.49. The number of fused-ring (bicyclic) bond motifs is 5. The molecular weight excluding hydrogens is 354 g/mol. The highest BCUT2D eigenvalue weighted by Gasteiger charge is 2.51. The second-order valence-corrected chi connectivity index (χ2v) is 12.2. The van der Waals surface area contributed by atoms with Crippen LogP contribution < -0.4 is 0 Å². The van der Waals surface area contributed by atoms with Crippen molar-refractivity contribution >= 4 is 23.5 Å². The predicted octanol–water partition coefficient (Wildman–Crippen LogP) is 6.19. The van der Waals surface area contributed by atoms with Crippen LogP contribution in [0.15, 0.2) is 47.7 Å². The van der Waals surface area contributed by atoms with Crippen LogP contribution in [-0.2, 0) is 6.42 Å². The average Bonchev–Trinajstić information content (AvgIpc) is 2.61. The molecule has 1 atom stereocenters. The Morgan fingerprint density at radius 1 is 1.12 bits per heavy atom. The molecule has 1 aromatic rings.